The Morgan fingerprint density at radius 3 is 1.62 bits per heavy atom. The number of benzene rings is 5. The molecule has 2 aromatic heterocycles. The van der Waals surface area contributed by atoms with Gasteiger partial charge < -0.3 is 9.13 Å². The lowest BCUT2D eigenvalue weighted by molar-refractivity contribution is 0.590. The van der Waals surface area contributed by atoms with Crippen molar-refractivity contribution in [1.29, 1.82) is 0 Å². The topological polar surface area (TPSA) is 9.86 Å². The zero-order valence-corrected chi connectivity index (χ0v) is 28.1. The van der Waals surface area contributed by atoms with Gasteiger partial charge in [-0.3, -0.25) is 0 Å². The molecule has 7 rings (SSSR count). The van der Waals surface area contributed by atoms with Crippen molar-refractivity contribution in [3.8, 4) is 11.4 Å². The molecule has 2 nitrogen and oxygen atoms in total. The number of halogens is 2. The second kappa shape index (κ2) is 9.59. The van der Waals surface area contributed by atoms with Crippen molar-refractivity contribution in [2.45, 2.75) is 52.4 Å². The average Bonchev–Trinajstić information content (AvgIpc) is 3.45. The largest absolute Gasteiger partial charge is 0.309 e. The van der Waals surface area contributed by atoms with Gasteiger partial charge >= 0.3 is 0 Å². The molecule has 5 aromatic carbocycles. The summed E-state index contributed by atoms with van der Waals surface area (Å²) in [6.45, 7) is 13.7. The minimum Gasteiger partial charge on any atom is -0.309 e. The molecule has 210 valence electrons. The Morgan fingerprint density at radius 1 is 0.476 bits per heavy atom. The molecule has 0 unspecified atom stereocenters. The molecule has 0 saturated heterocycles. The van der Waals surface area contributed by atoms with E-state index in [4.69, 9.17) is 0 Å². The van der Waals surface area contributed by atoms with Crippen LogP contribution in [0.15, 0.2) is 106 Å². The summed E-state index contributed by atoms with van der Waals surface area (Å²) < 4.78 is 6.93. The van der Waals surface area contributed by atoms with E-state index in [-0.39, 0.29) is 10.8 Å². The van der Waals surface area contributed by atoms with E-state index in [0.717, 1.165) is 25.8 Å². The van der Waals surface area contributed by atoms with E-state index in [1.54, 1.807) is 0 Å². The molecule has 0 spiro atoms. The molecule has 0 saturated carbocycles. The second-order valence-electron chi connectivity index (χ2n) is 13.4. The fourth-order valence-corrected chi connectivity index (χ4v) is 7.37. The highest BCUT2D eigenvalue weighted by molar-refractivity contribution is 9.11. The Balaban J connectivity index is 1.58. The van der Waals surface area contributed by atoms with Crippen molar-refractivity contribution >= 4 is 75.5 Å². The molecule has 0 amide bonds. The summed E-state index contributed by atoms with van der Waals surface area (Å²) in [7, 11) is 0. The van der Waals surface area contributed by atoms with E-state index >= 15 is 0 Å². The molecule has 7 aromatic rings. The summed E-state index contributed by atoms with van der Waals surface area (Å²) in [5.41, 5.74) is 9.91. The van der Waals surface area contributed by atoms with Crippen LogP contribution in [0.3, 0.4) is 0 Å². The van der Waals surface area contributed by atoms with Crippen molar-refractivity contribution in [2.24, 2.45) is 0 Å². The minimum atomic E-state index is 0.0692. The summed E-state index contributed by atoms with van der Waals surface area (Å²) in [5, 5.41) is 5.06. The molecule has 0 aliphatic heterocycles. The van der Waals surface area contributed by atoms with Gasteiger partial charge in [0.25, 0.3) is 0 Å². The van der Waals surface area contributed by atoms with E-state index in [1.807, 2.05) is 0 Å². The maximum atomic E-state index is 4.04. The molecule has 0 aliphatic rings. The molecule has 0 N–H and O–H groups in total. The fourth-order valence-electron chi connectivity index (χ4n) is 6.28. The molecule has 0 fully saturated rings. The third-order valence-electron chi connectivity index (χ3n) is 8.56. The maximum Gasteiger partial charge on any atom is 0.0685 e. The van der Waals surface area contributed by atoms with Gasteiger partial charge in [-0.25, -0.2) is 0 Å². The normalized spacial score (nSPS) is 12.8. The van der Waals surface area contributed by atoms with E-state index in [1.165, 1.54) is 49.2 Å². The number of aromatic nitrogens is 2. The lowest BCUT2D eigenvalue weighted by atomic mass is 9.85. The van der Waals surface area contributed by atoms with Gasteiger partial charge in [0, 0.05) is 36.2 Å². The summed E-state index contributed by atoms with van der Waals surface area (Å²) in [6, 6.07) is 35.8. The van der Waals surface area contributed by atoms with Gasteiger partial charge in [-0.1, -0.05) is 84.0 Å². The highest BCUT2D eigenvalue weighted by Crippen LogP contribution is 2.42. The van der Waals surface area contributed by atoms with Gasteiger partial charge in [-0.2, -0.15) is 0 Å². The monoisotopic (exact) mass is 676 g/mol. The number of nitrogens with zero attached hydrogens (tertiary/aromatic N) is 2. The lowest BCUT2D eigenvalue weighted by Gasteiger charge is -2.19. The first kappa shape index (κ1) is 27.5. The van der Waals surface area contributed by atoms with Gasteiger partial charge in [0.2, 0.25) is 0 Å². The van der Waals surface area contributed by atoms with Crippen molar-refractivity contribution in [3.05, 3.63) is 117 Å². The van der Waals surface area contributed by atoms with Crippen LogP contribution >= 0.6 is 31.9 Å². The van der Waals surface area contributed by atoms with E-state index < -0.39 is 0 Å². The lowest BCUT2D eigenvalue weighted by Crippen LogP contribution is -2.10. The Hall–Kier alpha value is -3.34. The van der Waals surface area contributed by atoms with Gasteiger partial charge in [0.05, 0.1) is 27.8 Å². The maximum absolute atomic E-state index is 4.04. The van der Waals surface area contributed by atoms with Crippen LogP contribution in [0.5, 0.6) is 0 Å². The molecule has 0 radical (unpaired) electrons. The summed E-state index contributed by atoms with van der Waals surface area (Å²) in [6.07, 6.45) is 0. The van der Waals surface area contributed by atoms with Crippen LogP contribution in [-0.2, 0) is 10.8 Å². The Morgan fingerprint density at radius 2 is 1.02 bits per heavy atom. The smallest absolute Gasteiger partial charge is 0.0685 e. The molecule has 0 atom stereocenters. The second-order valence-corrected chi connectivity index (χ2v) is 15.1. The third-order valence-corrected chi connectivity index (χ3v) is 9.83. The van der Waals surface area contributed by atoms with E-state index in [9.17, 15) is 0 Å². The summed E-state index contributed by atoms with van der Waals surface area (Å²) >= 11 is 7.85. The predicted octanol–water partition coefficient (Wildman–Crippen LogP) is 12.0. The van der Waals surface area contributed by atoms with E-state index in [0.29, 0.717) is 0 Å². The first-order chi connectivity index (χ1) is 19.9. The first-order valence-corrected chi connectivity index (χ1v) is 16.1. The van der Waals surface area contributed by atoms with Crippen LogP contribution in [0.4, 0.5) is 0 Å². The SMILES string of the molecule is CC(C)(C)c1ccc2c(c1)c1cc(C(C)(C)C)ccc1n2-c1cc(Br)c2c(c1)c1ccccc1n2-c1ccccc1Br. The average molecular weight is 679 g/mol. The predicted molar refractivity (Wildman–Crippen MR) is 188 cm³/mol. The minimum absolute atomic E-state index is 0.0692. The zero-order valence-electron chi connectivity index (χ0n) is 24.9. The Bertz CT molecular complexity index is 2110. The number of fused-ring (bicyclic) bond motifs is 6. The summed E-state index contributed by atoms with van der Waals surface area (Å²) in [4.78, 5) is 0. The van der Waals surface area contributed by atoms with Crippen LogP contribution in [0, 0.1) is 0 Å². The van der Waals surface area contributed by atoms with Crippen molar-refractivity contribution in [3.63, 3.8) is 0 Å². The highest BCUT2D eigenvalue weighted by atomic mass is 79.9. The quantitative estimate of drug-likeness (QED) is 0.172. The van der Waals surface area contributed by atoms with Crippen LogP contribution < -0.4 is 0 Å². The molecular weight excluding hydrogens is 644 g/mol. The van der Waals surface area contributed by atoms with Crippen molar-refractivity contribution in [1.82, 2.24) is 9.13 Å². The molecule has 4 heteroatoms. The highest BCUT2D eigenvalue weighted by Gasteiger charge is 2.23. The zero-order chi connectivity index (χ0) is 29.6. The summed E-state index contributed by atoms with van der Waals surface area (Å²) in [5.74, 6) is 0. The molecular formula is C38H34Br2N2. The van der Waals surface area contributed by atoms with Crippen LogP contribution in [0.2, 0.25) is 0 Å². The van der Waals surface area contributed by atoms with E-state index in [2.05, 4.69) is 180 Å². The molecule has 42 heavy (non-hydrogen) atoms. The third kappa shape index (κ3) is 4.26. The molecule has 0 bridgehead atoms. The van der Waals surface area contributed by atoms with Crippen molar-refractivity contribution in [2.75, 3.05) is 0 Å². The number of rotatable bonds is 2. The molecule has 2 heterocycles. The van der Waals surface area contributed by atoms with Gasteiger partial charge in [-0.05, 0) is 108 Å². The molecule has 0 aliphatic carbocycles. The fraction of sp³-hybridized carbons (Fsp3) is 0.211. The Kier molecular flexibility index (Phi) is 6.27. The van der Waals surface area contributed by atoms with Crippen molar-refractivity contribution < 1.29 is 0 Å². The first-order valence-electron chi connectivity index (χ1n) is 14.5. The van der Waals surface area contributed by atoms with Crippen LogP contribution in [-0.4, -0.2) is 9.13 Å². The van der Waals surface area contributed by atoms with Crippen LogP contribution in [0.1, 0.15) is 52.7 Å². The van der Waals surface area contributed by atoms with Crippen LogP contribution in [0.25, 0.3) is 55.0 Å². The number of para-hydroxylation sites is 2. The number of hydrogen-bond donors (Lipinski definition) is 0. The van der Waals surface area contributed by atoms with Gasteiger partial charge in [0.1, 0.15) is 0 Å². The van der Waals surface area contributed by atoms with Gasteiger partial charge in [0.15, 0.2) is 0 Å². The Labute approximate surface area is 264 Å². The van der Waals surface area contributed by atoms with Gasteiger partial charge in [-0.15, -0.1) is 0 Å². The standard InChI is InChI=1S/C38H34Br2N2/c1-37(2,3)23-15-17-33-27(19-23)28-20-24(38(4,5)6)16-18-34(28)41(33)25-21-29-26-11-7-9-13-32(26)42(36(29)31(40)22-25)35-14-10-8-12-30(35)39/h7-22H,1-6H3. The number of hydrogen-bond acceptors (Lipinski definition) is 0.